The summed E-state index contributed by atoms with van der Waals surface area (Å²) in [6, 6.07) is 10.1. The Kier molecular flexibility index (Phi) is 6.93. The first-order valence-corrected chi connectivity index (χ1v) is 11.4. The van der Waals surface area contributed by atoms with Gasteiger partial charge in [-0.05, 0) is 81.1 Å². The Hall–Kier alpha value is -3.00. The number of hydrogen-bond donors (Lipinski definition) is 3. The first kappa shape index (κ1) is 23.2. The average Bonchev–Trinajstić information content (AvgIpc) is 3.10. The second-order valence-corrected chi connectivity index (χ2v) is 8.87. The van der Waals surface area contributed by atoms with E-state index in [0.717, 1.165) is 59.5 Å². The van der Waals surface area contributed by atoms with Gasteiger partial charge in [-0.25, -0.2) is 13.6 Å². The summed E-state index contributed by atoms with van der Waals surface area (Å²) in [4.78, 5) is 20.7. The zero-order valence-electron chi connectivity index (χ0n) is 19.0. The number of likely N-dealkylation sites (tertiary alicyclic amines) is 1. The molecule has 3 heterocycles. The molecule has 1 fully saturated rings. The second-order valence-electron chi connectivity index (χ2n) is 8.87. The lowest BCUT2D eigenvalue weighted by atomic mass is 9.88. The molecule has 1 aromatic carbocycles. The highest BCUT2D eigenvalue weighted by atomic mass is 19.3. The molecule has 3 aromatic rings. The van der Waals surface area contributed by atoms with E-state index in [0.29, 0.717) is 24.6 Å². The van der Waals surface area contributed by atoms with Crippen LogP contribution in [0.5, 0.6) is 0 Å². The number of carboxylic acid groups (broad SMARTS) is 1. The molecule has 3 N–H and O–H groups in total. The van der Waals surface area contributed by atoms with E-state index in [4.69, 9.17) is 5.11 Å². The van der Waals surface area contributed by atoms with Crippen LogP contribution in [0, 0.1) is 13.8 Å². The van der Waals surface area contributed by atoms with Gasteiger partial charge < -0.3 is 20.3 Å². The Bertz CT molecular complexity index is 1120. The van der Waals surface area contributed by atoms with Crippen molar-refractivity contribution in [1.29, 1.82) is 0 Å². The van der Waals surface area contributed by atoms with Crippen LogP contribution in [0.15, 0.2) is 30.3 Å². The van der Waals surface area contributed by atoms with Crippen molar-refractivity contribution in [3.8, 4) is 11.3 Å². The molecule has 1 amide bonds. The number of alkyl halides is 2. The van der Waals surface area contributed by atoms with Gasteiger partial charge in [0.15, 0.2) is 0 Å². The lowest BCUT2D eigenvalue weighted by Gasteiger charge is -2.32. The molecule has 1 aliphatic heterocycles. The third-order valence-corrected chi connectivity index (χ3v) is 6.42. The zero-order valence-corrected chi connectivity index (χ0v) is 19.0. The van der Waals surface area contributed by atoms with Crippen LogP contribution in [0.4, 0.5) is 13.6 Å². The quantitative estimate of drug-likeness (QED) is 0.462. The normalized spacial score (nSPS) is 15.4. The molecule has 4 rings (SSSR count). The van der Waals surface area contributed by atoms with Gasteiger partial charge in [-0.2, -0.15) is 0 Å². The second kappa shape index (κ2) is 9.87. The summed E-state index contributed by atoms with van der Waals surface area (Å²) in [6.45, 7) is 6.72. The number of pyridine rings is 1. The van der Waals surface area contributed by atoms with Crippen molar-refractivity contribution in [3.63, 3.8) is 0 Å². The molecular weight excluding hydrogens is 426 g/mol. The number of amides is 1. The third-order valence-electron chi connectivity index (χ3n) is 6.42. The fraction of sp³-hybridized carbons (Fsp3) is 0.440. The van der Waals surface area contributed by atoms with Crippen LogP contribution in [-0.4, -0.2) is 58.7 Å². The molecule has 0 saturated carbocycles. The van der Waals surface area contributed by atoms with Gasteiger partial charge in [-0.15, -0.1) is 0 Å². The molecule has 0 spiro atoms. The van der Waals surface area contributed by atoms with Gasteiger partial charge in [0.2, 0.25) is 6.43 Å². The van der Waals surface area contributed by atoms with E-state index < -0.39 is 12.5 Å². The van der Waals surface area contributed by atoms with Crippen LogP contribution in [0.2, 0.25) is 0 Å². The highest BCUT2D eigenvalue weighted by molar-refractivity contribution is 5.91. The number of fused-ring (bicyclic) bond motifs is 1. The van der Waals surface area contributed by atoms with Gasteiger partial charge in [0.25, 0.3) is 0 Å². The predicted octanol–water partition coefficient (Wildman–Crippen LogP) is 5.10. The van der Waals surface area contributed by atoms with E-state index in [9.17, 15) is 13.6 Å². The fourth-order valence-electron chi connectivity index (χ4n) is 4.92. The summed E-state index contributed by atoms with van der Waals surface area (Å²) in [5, 5.41) is 12.0. The molecule has 0 unspecified atom stereocenters. The number of benzene rings is 1. The summed E-state index contributed by atoms with van der Waals surface area (Å²) >= 11 is 0. The van der Waals surface area contributed by atoms with E-state index in [1.807, 2.05) is 32.0 Å². The highest BCUT2D eigenvalue weighted by Gasteiger charge is 2.23. The molecule has 0 bridgehead atoms. The van der Waals surface area contributed by atoms with Crippen molar-refractivity contribution in [2.24, 2.45) is 0 Å². The Labute approximate surface area is 192 Å². The molecule has 176 valence electrons. The molecule has 1 aliphatic rings. The summed E-state index contributed by atoms with van der Waals surface area (Å²) < 4.78 is 27.1. The Morgan fingerprint density at radius 2 is 1.91 bits per heavy atom. The number of H-pyrrole nitrogens is 1. The molecule has 6 nitrogen and oxygen atoms in total. The summed E-state index contributed by atoms with van der Waals surface area (Å²) in [6.07, 6.45) is -1.81. The number of halogens is 2. The van der Waals surface area contributed by atoms with Crippen LogP contribution in [-0.2, 0) is 6.42 Å². The largest absolute Gasteiger partial charge is 0.465 e. The van der Waals surface area contributed by atoms with Crippen molar-refractivity contribution in [2.75, 3.05) is 26.2 Å². The molecule has 0 radical (unpaired) electrons. The van der Waals surface area contributed by atoms with Crippen molar-refractivity contribution in [1.82, 2.24) is 20.2 Å². The lowest BCUT2D eigenvalue weighted by molar-refractivity contribution is 0.149. The van der Waals surface area contributed by atoms with E-state index in [1.54, 1.807) is 0 Å². The number of rotatable bonds is 7. The van der Waals surface area contributed by atoms with E-state index in [1.165, 1.54) is 5.56 Å². The maximum Gasteiger partial charge on any atom is 0.404 e. The van der Waals surface area contributed by atoms with Gasteiger partial charge >= 0.3 is 6.09 Å². The average molecular weight is 457 g/mol. The lowest BCUT2D eigenvalue weighted by Crippen LogP contribution is -2.38. The monoisotopic (exact) mass is 456 g/mol. The number of nitrogens with zero attached hydrogens (tertiary/aromatic N) is 2. The summed E-state index contributed by atoms with van der Waals surface area (Å²) in [5.41, 5.74) is 6.05. The van der Waals surface area contributed by atoms with Crippen molar-refractivity contribution in [3.05, 3.63) is 52.8 Å². The third kappa shape index (κ3) is 5.50. The molecule has 8 heteroatoms. The first-order valence-electron chi connectivity index (χ1n) is 11.4. The topological polar surface area (TPSA) is 81.2 Å². The molecule has 33 heavy (non-hydrogen) atoms. The minimum absolute atomic E-state index is 0.297. The standard InChI is InChI=1S/C25H30F2N4O2/c1-15-11-19(12-16(2)29-15)24-21(14-23(26)27)20-13-18(3-4-22(20)30-24)17-5-8-31(9-6-17)10-7-28-25(32)33/h3-4,11-13,17,23,28,30H,5-10,14H2,1-2H3,(H,32,33). The minimum Gasteiger partial charge on any atom is -0.465 e. The fourth-order valence-corrected chi connectivity index (χ4v) is 4.92. The summed E-state index contributed by atoms with van der Waals surface area (Å²) in [7, 11) is 0. The van der Waals surface area contributed by atoms with Crippen LogP contribution >= 0.6 is 0 Å². The number of carbonyl (C=O) groups is 1. The maximum absolute atomic E-state index is 13.6. The Morgan fingerprint density at radius 1 is 1.21 bits per heavy atom. The van der Waals surface area contributed by atoms with Crippen LogP contribution < -0.4 is 5.32 Å². The Balaban J connectivity index is 1.59. The Morgan fingerprint density at radius 3 is 2.55 bits per heavy atom. The van der Waals surface area contributed by atoms with E-state index in [2.05, 4.69) is 32.3 Å². The molecule has 2 aromatic heterocycles. The zero-order chi connectivity index (χ0) is 23.5. The van der Waals surface area contributed by atoms with Gasteiger partial charge in [0, 0.05) is 47.4 Å². The number of aryl methyl sites for hydroxylation is 2. The van der Waals surface area contributed by atoms with Gasteiger partial charge in [0.05, 0.1) is 5.69 Å². The molecule has 0 aliphatic carbocycles. The number of nitrogens with one attached hydrogen (secondary N) is 2. The van der Waals surface area contributed by atoms with E-state index >= 15 is 0 Å². The maximum atomic E-state index is 13.6. The van der Waals surface area contributed by atoms with Crippen LogP contribution in [0.25, 0.3) is 22.2 Å². The van der Waals surface area contributed by atoms with Crippen LogP contribution in [0.3, 0.4) is 0 Å². The van der Waals surface area contributed by atoms with Crippen molar-refractivity contribution >= 4 is 17.0 Å². The smallest absolute Gasteiger partial charge is 0.404 e. The van der Waals surface area contributed by atoms with Gasteiger partial charge in [-0.1, -0.05) is 6.07 Å². The van der Waals surface area contributed by atoms with Crippen LogP contribution in [0.1, 0.15) is 41.3 Å². The number of hydrogen-bond acceptors (Lipinski definition) is 3. The van der Waals surface area contributed by atoms with E-state index in [-0.39, 0.29) is 6.42 Å². The van der Waals surface area contributed by atoms with Crippen molar-refractivity contribution < 1.29 is 18.7 Å². The minimum atomic E-state index is -2.43. The SMILES string of the molecule is Cc1cc(-c2[nH]c3ccc(C4CCN(CCNC(=O)O)CC4)cc3c2CC(F)F)cc(C)n1. The highest BCUT2D eigenvalue weighted by Crippen LogP contribution is 2.36. The summed E-state index contributed by atoms with van der Waals surface area (Å²) in [5.74, 6) is 0.362. The molecule has 1 saturated heterocycles. The van der Waals surface area contributed by atoms with Crippen molar-refractivity contribution in [2.45, 2.75) is 45.5 Å². The van der Waals surface area contributed by atoms with Gasteiger partial charge in [0.1, 0.15) is 0 Å². The first-order chi connectivity index (χ1) is 15.8. The predicted molar refractivity (Wildman–Crippen MR) is 125 cm³/mol. The number of piperidine rings is 1. The molecule has 0 atom stereocenters. The number of aromatic amines is 1. The van der Waals surface area contributed by atoms with Gasteiger partial charge in [-0.3, -0.25) is 4.98 Å². The molecular formula is C25H30F2N4O2. The number of aromatic nitrogens is 2.